The van der Waals surface area contributed by atoms with Crippen LogP contribution in [0.15, 0.2) is 23.9 Å². The topological polar surface area (TPSA) is 38.5 Å². The molecule has 3 heteroatoms. The quantitative estimate of drug-likeness (QED) is 0.717. The number of ether oxygens (including phenoxy) is 1. The molecule has 0 heterocycles. The van der Waals surface area contributed by atoms with Gasteiger partial charge in [0.2, 0.25) is 0 Å². The van der Waals surface area contributed by atoms with Gasteiger partial charge in [0.05, 0.1) is 12.7 Å². The molecule has 1 rings (SSSR count). The molecule has 1 aliphatic carbocycles. The van der Waals surface area contributed by atoms with Crippen LogP contribution in [-0.2, 0) is 4.74 Å². The zero-order valence-electron chi connectivity index (χ0n) is 9.65. The highest BCUT2D eigenvalue weighted by atomic mass is 16.5. The third-order valence-corrected chi connectivity index (χ3v) is 2.57. The molecule has 1 unspecified atom stereocenters. The monoisotopic (exact) mass is 209 g/mol. The Morgan fingerprint density at radius 2 is 2.13 bits per heavy atom. The third-order valence-electron chi connectivity index (χ3n) is 2.57. The standard InChI is InChI=1S/C12H21N2O/c1-3-14(4-2)9-10-15-12-7-5-11(13)6-8-12/h5-8,12H,3-4,9-10,13H2,1-2H3. The molecule has 0 aromatic rings. The summed E-state index contributed by atoms with van der Waals surface area (Å²) in [6, 6.07) is 0. The van der Waals surface area contributed by atoms with E-state index in [4.69, 9.17) is 10.5 Å². The molecule has 1 radical (unpaired) electrons. The lowest BCUT2D eigenvalue weighted by Gasteiger charge is -2.20. The van der Waals surface area contributed by atoms with Crippen molar-refractivity contribution in [3.05, 3.63) is 30.3 Å². The van der Waals surface area contributed by atoms with Gasteiger partial charge in [-0.25, -0.2) is 0 Å². The minimum Gasteiger partial charge on any atom is -0.399 e. The Balaban J connectivity index is 2.14. The number of nitrogens with zero attached hydrogens (tertiary/aromatic N) is 1. The van der Waals surface area contributed by atoms with Crippen molar-refractivity contribution in [3.63, 3.8) is 0 Å². The largest absolute Gasteiger partial charge is 0.399 e. The fourth-order valence-corrected chi connectivity index (χ4v) is 1.50. The lowest BCUT2D eigenvalue weighted by Crippen LogP contribution is -2.28. The predicted molar refractivity (Wildman–Crippen MR) is 63.2 cm³/mol. The highest BCUT2D eigenvalue weighted by molar-refractivity contribution is 5.27. The Labute approximate surface area is 92.6 Å². The second-order valence-electron chi connectivity index (χ2n) is 3.58. The van der Waals surface area contributed by atoms with Gasteiger partial charge in [0, 0.05) is 18.7 Å². The van der Waals surface area contributed by atoms with Crippen LogP contribution in [0.3, 0.4) is 0 Å². The minimum atomic E-state index is 0.0906. The van der Waals surface area contributed by atoms with Gasteiger partial charge in [-0.1, -0.05) is 26.0 Å². The zero-order chi connectivity index (χ0) is 11.1. The summed E-state index contributed by atoms with van der Waals surface area (Å²) in [5.41, 5.74) is 6.39. The second-order valence-corrected chi connectivity index (χ2v) is 3.58. The zero-order valence-corrected chi connectivity index (χ0v) is 9.65. The van der Waals surface area contributed by atoms with Crippen molar-refractivity contribution >= 4 is 0 Å². The number of hydrogen-bond acceptors (Lipinski definition) is 3. The van der Waals surface area contributed by atoms with E-state index in [0.29, 0.717) is 0 Å². The molecule has 0 saturated carbocycles. The first-order chi connectivity index (χ1) is 7.26. The molecule has 3 nitrogen and oxygen atoms in total. The fraction of sp³-hybridized carbons (Fsp3) is 0.583. The molecule has 0 amide bonds. The molecule has 0 spiro atoms. The first kappa shape index (κ1) is 12.3. The van der Waals surface area contributed by atoms with Crippen LogP contribution in [0.2, 0.25) is 0 Å². The van der Waals surface area contributed by atoms with E-state index >= 15 is 0 Å². The molecule has 0 aromatic carbocycles. The Morgan fingerprint density at radius 3 is 2.67 bits per heavy atom. The summed E-state index contributed by atoms with van der Waals surface area (Å²) in [6.45, 7) is 8.25. The molecule has 1 atom stereocenters. The van der Waals surface area contributed by atoms with E-state index in [1.54, 1.807) is 0 Å². The van der Waals surface area contributed by atoms with Gasteiger partial charge in [-0.05, 0) is 19.2 Å². The third kappa shape index (κ3) is 4.49. The Bertz CT molecular complexity index is 232. The molecule has 0 aromatic heterocycles. The summed E-state index contributed by atoms with van der Waals surface area (Å²) in [5, 5.41) is 0. The van der Waals surface area contributed by atoms with Gasteiger partial charge in [0.15, 0.2) is 0 Å². The number of likely N-dealkylation sites (N-methyl/N-ethyl adjacent to an activating group) is 1. The van der Waals surface area contributed by atoms with Crippen molar-refractivity contribution in [2.24, 2.45) is 5.73 Å². The first-order valence-corrected chi connectivity index (χ1v) is 5.59. The average molecular weight is 209 g/mol. The van der Waals surface area contributed by atoms with Gasteiger partial charge < -0.3 is 15.4 Å². The summed E-state index contributed by atoms with van der Waals surface area (Å²) in [5.74, 6) is 0. The summed E-state index contributed by atoms with van der Waals surface area (Å²) >= 11 is 0. The van der Waals surface area contributed by atoms with Crippen molar-refractivity contribution in [3.8, 4) is 0 Å². The number of hydrogen-bond donors (Lipinski definition) is 1. The van der Waals surface area contributed by atoms with Crippen molar-refractivity contribution in [1.29, 1.82) is 0 Å². The minimum absolute atomic E-state index is 0.0906. The maximum atomic E-state index is 5.68. The van der Waals surface area contributed by atoms with E-state index in [1.807, 2.05) is 24.6 Å². The number of allylic oxidation sites excluding steroid dienone is 1. The van der Waals surface area contributed by atoms with Crippen LogP contribution in [0.4, 0.5) is 0 Å². The molecule has 85 valence electrons. The van der Waals surface area contributed by atoms with E-state index in [1.165, 1.54) is 0 Å². The molecule has 1 aliphatic rings. The van der Waals surface area contributed by atoms with E-state index in [-0.39, 0.29) is 6.10 Å². The van der Waals surface area contributed by atoms with Gasteiger partial charge >= 0.3 is 0 Å². The lowest BCUT2D eigenvalue weighted by atomic mass is 10.1. The molecular weight excluding hydrogens is 188 g/mol. The van der Waals surface area contributed by atoms with Crippen LogP contribution < -0.4 is 5.73 Å². The van der Waals surface area contributed by atoms with Gasteiger partial charge in [-0.15, -0.1) is 0 Å². The van der Waals surface area contributed by atoms with Crippen LogP contribution in [-0.4, -0.2) is 37.2 Å². The van der Waals surface area contributed by atoms with Crippen molar-refractivity contribution < 1.29 is 4.74 Å². The van der Waals surface area contributed by atoms with Gasteiger partial charge in [0.1, 0.15) is 0 Å². The van der Waals surface area contributed by atoms with E-state index < -0.39 is 0 Å². The summed E-state index contributed by atoms with van der Waals surface area (Å²) in [4.78, 5) is 2.34. The summed E-state index contributed by atoms with van der Waals surface area (Å²) < 4.78 is 5.68. The molecule has 0 aliphatic heterocycles. The number of rotatable bonds is 6. The van der Waals surface area contributed by atoms with Crippen molar-refractivity contribution in [2.75, 3.05) is 26.2 Å². The van der Waals surface area contributed by atoms with Crippen LogP contribution in [0.25, 0.3) is 0 Å². The fourth-order valence-electron chi connectivity index (χ4n) is 1.50. The van der Waals surface area contributed by atoms with Gasteiger partial charge in [-0.2, -0.15) is 0 Å². The summed E-state index contributed by atoms with van der Waals surface area (Å²) in [7, 11) is 0. The van der Waals surface area contributed by atoms with E-state index in [9.17, 15) is 0 Å². The molecule has 15 heavy (non-hydrogen) atoms. The smallest absolute Gasteiger partial charge is 0.0830 e. The van der Waals surface area contributed by atoms with Crippen LogP contribution in [0, 0.1) is 6.42 Å². The Kier molecular flexibility index (Phi) is 5.43. The maximum absolute atomic E-state index is 5.68. The van der Waals surface area contributed by atoms with Gasteiger partial charge in [0.25, 0.3) is 0 Å². The maximum Gasteiger partial charge on any atom is 0.0830 e. The van der Waals surface area contributed by atoms with E-state index in [0.717, 1.165) is 31.9 Å². The molecule has 0 fully saturated rings. The van der Waals surface area contributed by atoms with Crippen molar-refractivity contribution in [2.45, 2.75) is 20.0 Å². The van der Waals surface area contributed by atoms with Crippen molar-refractivity contribution in [1.82, 2.24) is 4.90 Å². The Hall–Kier alpha value is -0.800. The highest BCUT2D eigenvalue weighted by Crippen LogP contribution is 2.08. The van der Waals surface area contributed by atoms with E-state index in [2.05, 4.69) is 18.7 Å². The molecule has 2 N–H and O–H groups in total. The predicted octanol–water partition coefficient (Wildman–Crippen LogP) is 1.33. The first-order valence-electron chi connectivity index (χ1n) is 5.59. The molecule has 0 saturated heterocycles. The molecular formula is C12H21N2O. The number of nitrogens with two attached hydrogens (primary N) is 1. The summed E-state index contributed by atoms with van der Waals surface area (Å²) in [6.07, 6.45) is 7.84. The lowest BCUT2D eigenvalue weighted by molar-refractivity contribution is 0.0848. The highest BCUT2D eigenvalue weighted by Gasteiger charge is 2.08. The second kappa shape index (κ2) is 6.64. The average Bonchev–Trinajstić information content (AvgIpc) is 2.27. The normalized spacial score (nSPS) is 20.7. The van der Waals surface area contributed by atoms with Crippen LogP contribution in [0.1, 0.15) is 13.8 Å². The SMILES string of the molecule is CCN(CC)CCOC1[CH]C=C(N)C=C1. The molecule has 0 bridgehead atoms. The van der Waals surface area contributed by atoms with Crippen LogP contribution in [0.5, 0.6) is 0 Å². The van der Waals surface area contributed by atoms with Gasteiger partial charge in [-0.3, -0.25) is 0 Å². The van der Waals surface area contributed by atoms with Crippen LogP contribution >= 0.6 is 0 Å². The Morgan fingerprint density at radius 1 is 1.40 bits per heavy atom.